The van der Waals surface area contributed by atoms with Crippen LogP contribution in [0.25, 0.3) is 0 Å². The molecule has 75 heavy (non-hydrogen) atoms. The first-order valence-electron chi connectivity index (χ1n) is 27.4. The monoisotopic (exact) mass is 1160 g/mol. The summed E-state index contributed by atoms with van der Waals surface area (Å²) in [5, 5.41) is 34.1. The standard InChI is InChI=1S/C55H78F2IN9O8/c1-35-28-55(56,57)34-67(35)53(75)45-26-40(51(73)63-45)27-49(71)66-31-39-9-5-8-38(43(39)32-66)30-60-46(68)12-6-13-48(70)64-21-23-65(24-22-64)52(74)44(10-2-3-20-59)62-50(72)37-18-19-54(29-41(54)25-37)33-61-47(69)11-4-7-36-14-16-42(58)17-15-36/h5,8-9,14-19,35,37,39-41,43-46,48,60,68,70H,2-4,6-7,10-13,20-34,59H2,1H3,(H,61,69)(H,62,72)(H,63,73)/t35?,37?,39?,40?,41?,43?,44?,45-,46?,48?,54?/m0/s1. The number of halogens is 3. The molecule has 7 aliphatic rings. The minimum atomic E-state index is -2.96. The molecule has 4 heterocycles. The molecule has 10 unspecified atom stereocenters. The summed E-state index contributed by atoms with van der Waals surface area (Å²) in [7, 11) is 0. The van der Waals surface area contributed by atoms with Gasteiger partial charge in [-0.3, -0.25) is 39.0 Å². The van der Waals surface area contributed by atoms with Gasteiger partial charge in [0.15, 0.2) is 0 Å². The zero-order valence-corrected chi connectivity index (χ0v) is 45.4. The maximum atomic E-state index is 14.0. The average molecular weight is 1160 g/mol. The fraction of sp³-hybridized carbons (Fsp3) is 0.673. The number of rotatable bonds is 24. The van der Waals surface area contributed by atoms with Crippen molar-refractivity contribution in [3.63, 3.8) is 0 Å². The minimum absolute atomic E-state index is 0.0271. The number of amides is 6. The van der Waals surface area contributed by atoms with Crippen LogP contribution in [0.1, 0.15) is 96.0 Å². The lowest BCUT2D eigenvalue weighted by Gasteiger charge is -2.39. The molecular weight excluding hydrogens is 1080 g/mol. The number of nitrogens with one attached hydrogen (secondary N) is 4. The van der Waals surface area contributed by atoms with E-state index in [2.05, 4.69) is 80.3 Å². The number of aliphatic hydroxyl groups is 2. The fourth-order valence-electron chi connectivity index (χ4n) is 12.2. The summed E-state index contributed by atoms with van der Waals surface area (Å²) in [6.07, 6.45) is 15.1. The number of nitrogens with zero attached hydrogens (tertiary/aromatic N) is 4. The Morgan fingerprint density at radius 3 is 2.43 bits per heavy atom. The van der Waals surface area contributed by atoms with E-state index in [0.717, 1.165) is 36.2 Å². The van der Waals surface area contributed by atoms with Crippen molar-refractivity contribution in [2.75, 3.05) is 65.4 Å². The molecule has 8 rings (SSSR count). The molecule has 3 aliphatic carbocycles. The lowest BCUT2D eigenvalue weighted by Crippen LogP contribution is -2.57. The average Bonchev–Trinajstić information content (AvgIpc) is 3.56. The fourth-order valence-corrected chi connectivity index (χ4v) is 12.6. The van der Waals surface area contributed by atoms with Gasteiger partial charge in [0.25, 0.3) is 5.92 Å². The number of hydrogen-bond donors (Lipinski definition) is 7. The van der Waals surface area contributed by atoms with Crippen molar-refractivity contribution in [2.24, 2.45) is 40.7 Å². The van der Waals surface area contributed by atoms with Gasteiger partial charge in [0.05, 0.1) is 12.5 Å². The van der Waals surface area contributed by atoms with E-state index < -0.39 is 67.2 Å². The van der Waals surface area contributed by atoms with Crippen LogP contribution < -0.4 is 27.0 Å². The molecule has 1 aromatic rings. The summed E-state index contributed by atoms with van der Waals surface area (Å²) in [6, 6.07) is 6.11. The van der Waals surface area contributed by atoms with Crippen molar-refractivity contribution in [1.82, 2.24) is 40.9 Å². The van der Waals surface area contributed by atoms with E-state index in [1.807, 2.05) is 23.1 Å². The summed E-state index contributed by atoms with van der Waals surface area (Å²) < 4.78 is 29.1. The van der Waals surface area contributed by atoms with Crippen molar-refractivity contribution in [2.45, 2.75) is 133 Å². The molecule has 0 radical (unpaired) electrons. The SMILES string of the molecule is CC1CC(F)(F)CN1C(=O)[C@@H]1CC(CC(=O)N2CC3C=CC=C(CNC(O)CCCC(O)N4CCN(C(=O)C(CCCCN)NC(=O)C5C=CC6(CNC(=O)CCCc7ccc(I)cc7)CC6C5)CC4)C3C2)C(=O)N1. The molecule has 11 atom stereocenters. The largest absolute Gasteiger partial charge is 0.379 e. The molecule has 412 valence electrons. The molecule has 8 N–H and O–H groups in total. The highest BCUT2D eigenvalue weighted by Gasteiger charge is 2.55. The van der Waals surface area contributed by atoms with Crippen molar-refractivity contribution in [3.8, 4) is 0 Å². The Balaban J connectivity index is 0.709. The Kier molecular flexibility index (Phi) is 19.3. The lowest BCUT2D eigenvalue weighted by molar-refractivity contribution is -0.140. The molecule has 0 spiro atoms. The first-order chi connectivity index (χ1) is 35.9. The number of nitrogens with two attached hydrogens (primary N) is 1. The number of piperazine rings is 1. The number of benzene rings is 1. The van der Waals surface area contributed by atoms with E-state index in [0.29, 0.717) is 110 Å². The topological polar surface area (TPSA) is 230 Å². The van der Waals surface area contributed by atoms with Crippen LogP contribution in [-0.2, 0) is 35.2 Å². The van der Waals surface area contributed by atoms with Gasteiger partial charge in [0.2, 0.25) is 35.4 Å². The Labute approximate surface area is 453 Å². The maximum Gasteiger partial charge on any atom is 0.267 e. The van der Waals surface area contributed by atoms with Crippen molar-refractivity contribution < 1.29 is 47.8 Å². The third-order valence-corrected chi connectivity index (χ3v) is 17.6. The number of carbonyl (C=O) groups excluding carboxylic acids is 6. The van der Waals surface area contributed by atoms with Crippen LogP contribution >= 0.6 is 22.6 Å². The molecule has 1 aromatic carbocycles. The number of allylic oxidation sites excluding steroid dienone is 2. The molecule has 6 amide bonds. The highest BCUT2D eigenvalue weighted by Crippen LogP contribution is 2.59. The van der Waals surface area contributed by atoms with Gasteiger partial charge < -0.3 is 46.6 Å². The van der Waals surface area contributed by atoms with Gasteiger partial charge in [-0.15, -0.1) is 0 Å². The normalized spacial score (nSPS) is 29.0. The quantitative estimate of drug-likeness (QED) is 0.0344. The Hall–Kier alpha value is -4.35. The van der Waals surface area contributed by atoms with Crippen molar-refractivity contribution in [3.05, 3.63) is 69.4 Å². The Morgan fingerprint density at radius 1 is 0.933 bits per heavy atom. The van der Waals surface area contributed by atoms with Crippen LogP contribution in [0.5, 0.6) is 0 Å². The molecular formula is C55H78F2IN9O8. The second-order valence-corrected chi connectivity index (χ2v) is 23.6. The van der Waals surface area contributed by atoms with Gasteiger partial charge in [-0.1, -0.05) is 48.1 Å². The lowest BCUT2D eigenvalue weighted by atomic mass is 9.85. The van der Waals surface area contributed by atoms with Crippen LogP contribution in [0.4, 0.5) is 8.78 Å². The molecule has 1 saturated carbocycles. The number of likely N-dealkylation sites (tertiary alicyclic amines) is 2. The zero-order valence-electron chi connectivity index (χ0n) is 43.3. The number of fused-ring (bicyclic) bond motifs is 2. The highest BCUT2D eigenvalue weighted by molar-refractivity contribution is 14.1. The van der Waals surface area contributed by atoms with Crippen LogP contribution in [0.2, 0.25) is 0 Å². The Bertz CT molecular complexity index is 2310. The third-order valence-electron chi connectivity index (χ3n) is 16.9. The predicted molar refractivity (Wildman–Crippen MR) is 286 cm³/mol. The van der Waals surface area contributed by atoms with Gasteiger partial charge in [0, 0.05) is 104 Å². The van der Waals surface area contributed by atoms with Crippen molar-refractivity contribution >= 4 is 58.0 Å². The number of carbonyl (C=O) groups is 6. The smallest absolute Gasteiger partial charge is 0.267 e. The van der Waals surface area contributed by atoms with Gasteiger partial charge in [-0.05, 0) is 130 Å². The minimum Gasteiger partial charge on any atom is -0.379 e. The molecule has 0 bridgehead atoms. The third kappa shape index (κ3) is 14.8. The number of alkyl halides is 2. The predicted octanol–water partition coefficient (Wildman–Crippen LogP) is 3.19. The second-order valence-electron chi connectivity index (χ2n) is 22.4. The zero-order chi connectivity index (χ0) is 53.4. The summed E-state index contributed by atoms with van der Waals surface area (Å²) in [4.78, 5) is 86.3. The number of aryl methyl sites for hydroxylation is 1. The summed E-state index contributed by atoms with van der Waals surface area (Å²) in [6.45, 7) is 5.03. The van der Waals surface area contributed by atoms with Crippen LogP contribution in [0.15, 0.2) is 60.2 Å². The van der Waals surface area contributed by atoms with E-state index in [9.17, 15) is 47.8 Å². The molecule has 0 aromatic heterocycles. The first-order valence-corrected chi connectivity index (χ1v) is 28.5. The highest BCUT2D eigenvalue weighted by atomic mass is 127. The number of aliphatic hydroxyl groups excluding tert-OH is 2. The van der Waals surface area contributed by atoms with Gasteiger partial charge in [-0.2, -0.15) is 0 Å². The maximum absolute atomic E-state index is 14.0. The van der Waals surface area contributed by atoms with Crippen LogP contribution in [-0.4, -0.2) is 167 Å². The molecule has 20 heteroatoms. The van der Waals surface area contributed by atoms with E-state index in [1.54, 1.807) is 16.7 Å². The van der Waals surface area contributed by atoms with Gasteiger partial charge in [0.1, 0.15) is 24.5 Å². The summed E-state index contributed by atoms with van der Waals surface area (Å²) in [5.41, 5.74) is 7.95. The van der Waals surface area contributed by atoms with Gasteiger partial charge in [-0.25, -0.2) is 8.78 Å². The Morgan fingerprint density at radius 2 is 1.71 bits per heavy atom. The number of hydrogen-bond acceptors (Lipinski definition) is 11. The van der Waals surface area contributed by atoms with Gasteiger partial charge >= 0.3 is 0 Å². The van der Waals surface area contributed by atoms with E-state index >= 15 is 0 Å². The van der Waals surface area contributed by atoms with E-state index in [1.165, 1.54) is 9.13 Å². The summed E-state index contributed by atoms with van der Waals surface area (Å²) in [5.74, 6) is -5.03. The molecule has 4 saturated heterocycles. The molecule has 5 fully saturated rings. The number of unbranched alkanes of at least 4 members (excludes halogenated alkanes) is 1. The van der Waals surface area contributed by atoms with Crippen molar-refractivity contribution in [1.29, 1.82) is 0 Å². The van der Waals surface area contributed by atoms with Crippen LogP contribution in [0, 0.1) is 38.6 Å². The van der Waals surface area contributed by atoms with E-state index in [-0.39, 0.29) is 59.6 Å². The van der Waals surface area contributed by atoms with E-state index in [4.69, 9.17) is 5.73 Å². The second kappa shape index (κ2) is 25.4. The molecule has 17 nitrogen and oxygen atoms in total. The molecule has 4 aliphatic heterocycles. The summed E-state index contributed by atoms with van der Waals surface area (Å²) >= 11 is 2.28. The first kappa shape index (κ1) is 56.8. The van der Waals surface area contributed by atoms with Crippen LogP contribution in [0.3, 0.4) is 0 Å².